The third-order valence-electron chi connectivity index (χ3n) is 7.04. The number of benzene rings is 2. The van der Waals surface area contributed by atoms with Gasteiger partial charge in [-0.15, -0.1) is 0 Å². The van der Waals surface area contributed by atoms with E-state index in [1.165, 1.54) is 4.90 Å². The summed E-state index contributed by atoms with van der Waals surface area (Å²) in [5, 5.41) is 11.6. The lowest BCUT2D eigenvalue weighted by molar-refractivity contribution is 0.0785. The molecule has 2 aromatic carbocycles. The molecule has 2 N–H and O–H groups in total. The summed E-state index contributed by atoms with van der Waals surface area (Å²) in [6.07, 6.45) is 1.33. The van der Waals surface area contributed by atoms with Crippen molar-refractivity contribution in [3.8, 4) is 17.0 Å². The van der Waals surface area contributed by atoms with Crippen molar-refractivity contribution in [1.82, 2.24) is 14.9 Å². The fourth-order valence-electron chi connectivity index (χ4n) is 5.18. The molecule has 1 aliphatic rings. The van der Waals surface area contributed by atoms with E-state index in [-0.39, 0.29) is 24.3 Å². The molecular formula is C30H28F2N4O3. The summed E-state index contributed by atoms with van der Waals surface area (Å²) in [7, 11) is 0. The molecular weight excluding hydrogens is 502 g/mol. The Bertz CT molecular complexity index is 1590. The second-order valence-corrected chi connectivity index (χ2v) is 9.61. The van der Waals surface area contributed by atoms with E-state index in [4.69, 9.17) is 0 Å². The van der Waals surface area contributed by atoms with Crippen molar-refractivity contribution in [2.75, 3.05) is 24.5 Å². The number of pyridine rings is 2. The Labute approximate surface area is 224 Å². The lowest BCUT2D eigenvalue weighted by Crippen LogP contribution is -2.34. The van der Waals surface area contributed by atoms with Gasteiger partial charge in [-0.1, -0.05) is 42.0 Å². The highest BCUT2D eigenvalue weighted by atomic mass is 19.1. The smallest absolute Gasteiger partial charge is 0.265 e. The Balaban J connectivity index is 1.59. The summed E-state index contributed by atoms with van der Waals surface area (Å²) < 4.78 is 27.7. The molecule has 0 spiro atoms. The zero-order chi connectivity index (χ0) is 27.7. The molecule has 3 heterocycles. The Morgan fingerprint density at radius 1 is 1.15 bits per heavy atom. The highest BCUT2D eigenvalue weighted by Gasteiger charge is 2.35. The van der Waals surface area contributed by atoms with Gasteiger partial charge in [-0.2, -0.15) is 0 Å². The van der Waals surface area contributed by atoms with Crippen LogP contribution < -0.4 is 10.5 Å². The maximum absolute atomic E-state index is 14.4. The molecule has 4 aromatic rings. The van der Waals surface area contributed by atoms with Crippen LogP contribution in [0.3, 0.4) is 0 Å². The summed E-state index contributed by atoms with van der Waals surface area (Å²) in [4.78, 5) is 37.0. The largest absolute Gasteiger partial charge is 0.505 e. The zero-order valence-electron chi connectivity index (χ0n) is 21.6. The van der Waals surface area contributed by atoms with Gasteiger partial charge in [-0.25, -0.2) is 8.78 Å². The van der Waals surface area contributed by atoms with Crippen LogP contribution in [0.4, 0.5) is 20.2 Å². The van der Waals surface area contributed by atoms with Gasteiger partial charge in [-0.05, 0) is 38.5 Å². The number of aromatic hydroxyl groups is 1. The van der Waals surface area contributed by atoms with Crippen LogP contribution in [0.1, 0.15) is 40.9 Å². The second-order valence-electron chi connectivity index (χ2n) is 9.61. The first-order valence-corrected chi connectivity index (χ1v) is 12.8. The van der Waals surface area contributed by atoms with Crippen molar-refractivity contribution in [3.05, 3.63) is 106 Å². The van der Waals surface area contributed by atoms with E-state index in [9.17, 15) is 23.5 Å². The molecule has 9 heteroatoms. The first kappa shape index (κ1) is 26.1. The number of nitrogens with one attached hydrogen (secondary N) is 1. The van der Waals surface area contributed by atoms with E-state index in [0.29, 0.717) is 29.9 Å². The van der Waals surface area contributed by atoms with Crippen molar-refractivity contribution in [2.24, 2.45) is 0 Å². The van der Waals surface area contributed by atoms with Gasteiger partial charge in [-0.3, -0.25) is 14.6 Å². The standard InChI is InChI=1S/C30H28F2N4O3/c1-3-36(22-10-5-4-6-11-22)27-26(19-9-7-8-18(2)14-19)34-29(38)24(28(27)37)30(39)35-13-12-20(17-35)25-23(32)15-21(31)16-33-25/h4-11,14-16,20H,3,12-13,17H2,1-2H3,(H2,34,37,38). The fourth-order valence-corrected chi connectivity index (χ4v) is 5.18. The van der Waals surface area contributed by atoms with Crippen molar-refractivity contribution < 1.29 is 18.7 Å². The minimum absolute atomic E-state index is 0.0709. The highest BCUT2D eigenvalue weighted by molar-refractivity contribution is 6.01. The van der Waals surface area contributed by atoms with E-state index >= 15 is 0 Å². The third kappa shape index (κ3) is 4.99. The number of carbonyl (C=O) groups excluding carboxylic acids is 1. The van der Waals surface area contributed by atoms with E-state index in [0.717, 1.165) is 23.5 Å². The minimum Gasteiger partial charge on any atom is -0.505 e. The first-order valence-electron chi connectivity index (χ1n) is 12.8. The van der Waals surface area contributed by atoms with E-state index in [1.54, 1.807) is 0 Å². The quantitative estimate of drug-likeness (QED) is 0.343. The Kier molecular flexibility index (Phi) is 7.15. The van der Waals surface area contributed by atoms with Crippen LogP contribution in [0, 0.1) is 18.6 Å². The molecule has 200 valence electrons. The lowest BCUT2D eigenvalue weighted by atomic mass is 10.0. The van der Waals surface area contributed by atoms with Gasteiger partial charge in [0.2, 0.25) is 0 Å². The number of H-pyrrole nitrogens is 1. The summed E-state index contributed by atoms with van der Waals surface area (Å²) in [5.74, 6) is -3.11. The summed E-state index contributed by atoms with van der Waals surface area (Å²) >= 11 is 0. The molecule has 1 unspecified atom stereocenters. The molecule has 1 saturated heterocycles. The number of hydrogen-bond donors (Lipinski definition) is 2. The predicted molar refractivity (Wildman–Crippen MR) is 145 cm³/mol. The normalized spacial score (nSPS) is 15.0. The van der Waals surface area contributed by atoms with Crippen LogP contribution in [0.2, 0.25) is 0 Å². The molecule has 5 rings (SSSR count). The van der Waals surface area contributed by atoms with Crippen LogP contribution in [-0.4, -0.2) is 45.5 Å². The number of amides is 1. The predicted octanol–water partition coefficient (Wildman–Crippen LogP) is 5.52. The zero-order valence-corrected chi connectivity index (χ0v) is 21.6. The van der Waals surface area contributed by atoms with E-state index in [2.05, 4.69) is 9.97 Å². The summed E-state index contributed by atoms with van der Waals surface area (Å²) in [6.45, 7) is 4.59. The highest BCUT2D eigenvalue weighted by Crippen LogP contribution is 2.42. The molecule has 1 atom stereocenters. The molecule has 0 radical (unpaired) electrons. The number of likely N-dealkylation sites (tertiary alicyclic amines) is 1. The van der Waals surface area contributed by atoms with Crippen LogP contribution in [0.25, 0.3) is 11.3 Å². The average Bonchev–Trinajstić information content (AvgIpc) is 3.41. The number of halogens is 2. The van der Waals surface area contributed by atoms with Crippen LogP contribution in [-0.2, 0) is 0 Å². The van der Waals surface area contributed by atoms with Crippen molar-refractivity contribution in [3.63, 3.8) is 0 Å². The molecule has 1 aliphatic heterocycles. The Hall–Kier alpha value is -4.53. The summed E-state index contributed by atoms with van der Waals surface area (Å²) in [6, 6.07) is 17.6. The number of rotatable bonds is 6. The van der Waals surface area contributed by atoms with Crippen molar-refractivity contribution in [2.45, 2.75) is 26.2 Å². The average molecular weight is 531 g/mol. The molecule has 1 fully saturated rings. The number of aromatic amines is 1. The van der Waals surface area contributed by atoms with Gasteiger partial charge in [0.05, 0.1) is 17.6 Å². The second kappa shape index (κ2) is 10.7. The SMILES string of the molecule is CCN(c1ccccc1)c1c(-c2cccc(C)c2)[nH]c(=O)c(C(=O)N2CCC(c3ncc(F)cc3F)C2)c1O. The molecule has 2 aromatic heterocycles. The van der Waals surface area contributed by atoms with E-state index in [1.807, 2.05) is 73.3 Å². The number of aryl methyl sites for hydroxylation is 1. The number of nitrogens with zero attached hydrogens (tertiary/aromatic N) is 3. The topological polar surface area (TPSA) is 89.5 Å². The maximum atomic E-state index is 14.4. The van der Waals surface area contributed by atoms with Gasteiger partial charge in [0.1, 0.15) is 22.9 Å². The van der Waals surface area contributed by atoms with Gasteiger partial charge < -0.3 is 19.9 Å². The van der Waals surface area contributed by atoms with E-state index < -0.39 is 34.8 Å². The fraction of sp³-hybridized carbons (Fsp3) is 0.233. The van der Waals surface area contributed by atoms with Crippen LogP contribution in [0.5, 0.6) is 5.75 Å². The monoisotopic (exact) mass is 530 g/mol. The number of anilines is 2. The van der Waals surface area contributed by atoms with Gasteiger partial charge in [0.15, 0.2) is 5.75 Å². The molecule has 0 bridgehead atoms. The molecule has 39 heavy (non-hydrogen) atoms. The number of para-hydroxylation sites is 1. The third-order valence-corrected chi connectivity index (χ3v) is 7.04. The number of carbonyl (C=O) groups is 1. The van der Waals surface area contributed by atoms with Gasteiger partial charge in [0, 0.05) is 42.9 Å². The number of aromatic nitrogens is 2. The van der Waals surface area contributed by atoms with Crippen LogP contribution >= 0.6 is 0 Å². The van der Waals surface area contributed by atoms with Crippen molar-refractivity contribution >= 4 is 17.3 Å². The van der Waals surface area contributed by atoms with Gasteiger partial charge >= 0.3 is 0 Å². The molecule has 7 nitrogen and oxygen atoms in total. The maximum Gasteiger partial charge on any atom is 0.265 e. The molecule has 1 amide bonds. The van der Waals surface area contributed by atoms with Gasteiger partial charge in [0.25, 0.3) is 11.5 Å². The molecule has 0 aliphatic carbocycles. The van der Waals surface area contributed by atoms with Crippen molar-refractivity contribution in [1.29, 1.82) is 0 Å². The Morgan fingerprint density at radius 2 is 1.92 bits per heavy atom. The minimum atomic E-state index is -0.779. The van der Waals surface area contributed by atoms with Crippen LogP contribution in [0.15, 0.2) is 71.7 Å². The Morgan fingerprint density at radius 3 is 2.62 bits per heavy atom. The number of hydrogen-bond acceptors (Lipinski definition) is 5. The lowest BCUT2D eigenvalue weighted by Gasteiger charge is -2.28. The first-order chi connectivity index (χ1) is 18.8. The summed E-state index contributed by atoms with van der Waals surface area (Å²) in [5.41, 5.74) is 2.08. The molecule has 0 saturated carbocycles.